The Bertz CT molecular complexity index is 357. The van der Waals surface area contributed by atoms with Gasteiger partial charge in [-0.15, -0.1) is 0 Å². The van der Waals surface area contributed by atoms with Gasteiger partial charge in [-0.05, 0) is 63.5 Å². The first-order valence-electron chi connectivity index (χ1n) is 6.86. The zero-order valence-electron chi connectivity index (χ0n) is 11.4. The zero-order valence-corrected chi connectivity index (χ0v) is 11.4. The third-order valence-corrected chi connectivity index (χ3v) is 4.04. The highest BCUT2D eigenvalue weighted by Gasteiger charge is 2.18. The molecule has 18 heavy (non-hydrogen) atoms. The molecule has 2 rings (SSSR count). The molecule has 0 bridgehead atoms. The van der Waals surface area contributed by atoms with E-state index in [0.29, 0.717) is 11.8 Å². The number of piperidine rings is 1. The lowest BCUT2D eigenvalue weighted by Gasteiger charge is -2.31. The van der Waals surface area contributed by atoms with Crippen molar-refractivity contribution in [3.05, 3.63) is 29.8 Å². The third kappa shape index (κ3) is 3.47. The van der Waals surface area contributed by atoms with Crippen molar-refractivity contribution in [1.29, 1.82) is 0 Å². The summed E-state index contributed by atoms with van der Waals surface area (Å²) in [4.78, 5) is 2.42. The van der Waals surface area contributed by atoms with Crippen LogP contribution in [0.1, 0.15) is 31.4 Å². The molecule has 1 aromatic carbocycles. The van der Waals surface area contributed by atoms with E-state index in [1.165, 1.54) is 18.4 Å². The lowest BCUT2D eigenvalue weighted by molar-refractivity contribution is 0.196. The second-order valence-corrected chi connectivity index (χ2v) is 5.40. The Kier molecular flexibility index (Phi) is 4.61. The molecule has 2 N–H and O–H groups in total. The minimum absolute atomic E-state index is 0.340. The van der Waals surface area contributed by atoms with Crippen LogP contribution in [0.3, 0.4) is 0 Å². The fraction of sp³-hybridized carbons (Fsp3) is 0.600. The number of aromatic hydroxyl groups is 1. The van der Waals surface area contributed by atoms with Crippen LogP contribution >= 0.6 is 0 Å². The predicted molar refractivity (Wildman–Crippen MR) is 74.7 cm³/mol. The molecule has 1 unspecified atom stereocenters. The molecule has 1 fully saturated rings. The van der Waals surface area contributed by atoms with Crippen molar-refractivity contribution in [2.24, 2.45) is 5.92 Å². The Morgan fingerprint density at radius 3 is 2.50 bits per heavy atom. The van der Waals surface area contributed by atoms with E-state index in [2.05, 4.69) is 24.2 Å². The van der Waals surface area contributed by atoms with Gasteiger partial charge in [0.1, 0.15) is 5.75 Å². The molecular weight excluding hydrogens is 224 g/mol. The van der Waals surface area contributed by atoms with Gasteiger partial charge >= 0.3 is 0 Å². The first-order chi connectivity index (χ1) is 8.66. The number of rotatable bonds is 4. The number of phenolic OH excluding ortho intramolecular Hbond substituents is 1. The molecule has 0 spiro atoms. The minimum atomic E-state index is 0.340. The number of nitrogens with one attached hydrogen (secondary N) is 1. The Hall–Kier alpha value is -1.06. The smallest absolute Gasteiger partial charge is 0.115 e. The Labute approximate surface area is 110 Å². The van der Waals surface area contributed by atoms with E-state index >= 15 is 0 Å². The number of benzene rings is 1. The lowest BCUT2D eigenvalue weighted by atomic mass is 9.96. The molecule has 1 atom stereocenters. The second-order valence-electron chi connectivity index (χ2n) is 5.40. The van der Waals surface area contributed by atoms with E-state index in [0.717, 1.165) is 25.6 Å². The number of phenols is 1. The van der Waals surface area contributed by atoms with Gasteiger partial charge in [0, 0.05) is 12.6 Å². The summed E-state index contributed by atoms with van der Waals surface area (Å²) >= 11 is 0. The van der Waals surface area contributed by atoms with Gasteiger partial charge < -0.3 is 10.4 Å². The molecule has 1 heterocycles. The number of hydrogen-bond donors (Lipinski definition) is 2. The van der Waals surface area contributed by atoms with Crippen molar-refractivity contribution in [3.63, 3.8) is 0 Å². The molecule has 1 saturated heterocycles. The van der Waals surface area contributed by atoms with Crippen LogP contribution in [-0.4, -0.2) is 36.7 Å². The summed E-state index contributed by atoms with van der Waals surface area (Å²) in [5.74, 6) is 1.16. The zero-order chi connectivity index (χ0) is 13.0. The van der Waals surface area contributed by atoms with Crippen LogP contribution < -0.4 is 5.32 Å². The van der Waals surface area contributed by atoms with Crippen molar-refractivity contribution in [1.82, 2.24) is 10.2 Å². The summed E-state index contributed by atoms with van der Waals surface area (Å²) in [5, 5.41) is 12.7. The predicted octanol–water partition coefficient (Wildman–Crippen LogP) is 2.38. The summed E-state index contributed by atoms with van der Waals surface area (Å²) in [7, 11) is 2.19. The lowest BCUT2D eigenvalue weighted by Crippen LogP contribution is -2.35. The highest BCUT2D eigenvalue weighted by atomic mass is 16.3. The summed E-state index contributed by atoms with van der Waals surface area (Å²) in [5.41, 5.74) is 1.27. The first-order valence-corrected chi connectivity index (χ1v) is 6.86. The molecule has 0 radical (unpaired) electrons. The summed E-state index contributed by atoms with van der Waals surface area (Å²) in [6.45, 7) is 5.70. The summed E-state index contributed by atoms with van der Waals surface area (Å²) in [6.07, 6.45) is 2.57. The van der Waals surface area contributed by atoms with E-state index in [1.54, 1.807) is 12.1 Å². The summed E-state index contributed by atoms with van der Waals surface area (Å²) in [6, 6.07) is 7.96. The van der Waals surface area contributed by atoms with Crippen molar-refractivity contribution >= 4 is 0 Å². The second kappa shape index (κ2) is 6.21. The molecule has 3 heteroatoms. The van der Waals surface area contributed by atoms with Crippen molar-refractivity contribution in [2.75, 3.05) is 26.7 Å². The maximum absolute atomic E-state index is 9.32. The maximum atomic E-state index is 9.32. The maximum Gasteiger partial charge on any atom is 0.115 e. The van der Waals surface area contributed by atoms with Crippen LogP contribution in [0.2, 0.25) is 0 Å². The van der Waals surface area contributed by atoms with Gasteiger partial charge in [-0.1, -0.05) is 12.1 Å². The summed E-state index contributed by atoms with van der Waals surface area (Å²) < 4.78 is 0. The van der Waals surface area contributed by atoms with E-state index in [9.17, 15) is 5.11 Å². The Morgan fingerprint density at radius 1 is 1.28 bits per heavy atom. The molecular formula is C15H24N2O. The highest BCUT2D eigenvalue weighted by molar-refractivity contribution is 5.27. The largest absolute Gasteiger partial charge is 0.508 e. The molecule has 0 aromatic heterocycles. The fourth-order valence-corrected chi connectivity index (χ4v) is 2.64. The van der Waals surface area contributed by atoms with Gasteiger partial charge in [0.05, 0.1) is 0 Å². The SMILES string of the molecule is CC(c1ccc(O)cc1)N(C)CC1CCNCC1. The number of nitrogens with zero attached hydrogens (tertiary/aromatic N) is 1. The molecule has 3 nitrogen and oxygen atoms in total. The van der Waals surface area contributed by atoms with Gasteiger partial charge in [0.15, 0.2) is 0 Å². The van der Waals surface area contributed by atoms with Crippen molar-refractivity contribution in [2.45, 2.75) is 25.8 Å². The standard InChI is InChI=1S/C15H24N2O/c1-12(14-3-5-15(18)6-4-14)17(2)11-13-7-9-16-10-8-13/h3-6,12-13,16,18H,7-11H2,1-2H3. The van der Waals surface area contributed by atoms with Crippen LogP contribution in [0, 0.1) is 5.92 Å². The molecule has 100 valence electrons. The van der Waals surface area contributed by atoms with Crippen LogP contribution in [-0.2, 0) is 0 Å². The molecule has 0 saturated carbocycles. The first kappa shape index (κ1) is 13.4. The van der Waals surface area contributed by atoms with Gasteiger partial charge in [0.2, 0.25) is 0 Å². The third-order valence-electron chi connectivity index (χ3n) is 4.04. The molecule has 1 aliphatic heterocycles. The van der Waals surface area contributed by atoms with Crippen LogP contribution in [0.15, 0.2) is 24.3 Å². The Morgan fingerprint density at radius 2 is 1.89 bits per heavy atom. The fourth-order valence-electron chi connectivity index (χ4n) is 2.64. The van der Waals surface area contributed by atoms with Crippen molar-refractivity contribution in [3.8, 4) is 5.75 Å². The van der Waals surface area contributed by atoms with E-state index in [1.807, 2.05) is 12.1 Å². The van der Waals surface area contributed by atoms with Gasteiger partial charge in [0.25, 0.3) is 0 Å². The number of hydrogen-bond acceptors (Lipinski definition) is 3. The quantitative estimate of drug-likeness (QED) is 0.859. The van der Waals surface area contributed by atoms with Gasteiger partial charge in [-0.3, -0.25) is 4.90 Å². The average Bonchev–Trinajstić information content (AvgIpc) is 2.40. The molecule has 0 amide bonds. The van der Waals surface area contributed by atoms with Gasteiger partial charge in [-0.25, -0.2) is 0 Å². The van der Waals surface area contributed by atoms with Crippen LogP contribution in [0.5, 0.6) is 5.75 Å². The average molecular weight is 248 g/mol. The van der Waals surface area contributed by atoms with E-state index < -0.39 is 0 Å². The molecule has 1 aliphatic rings. The molecule has 1 aromatic rings. The van der Waals surface area contributed by atoms with E-state index in [4.69, 9.17) is 0 Å². The minimum Gasteiger partial charge on any atom is -0.508 e. The topological polar surface area (TPSA) is 35.5 Å². The van der Waals surface area contributed by atoms with Gasteiger partial charge in [-0.2, -0.15) is 0 Å². The van der Waals surface area contributed by atoms with E-state index in [-0.39, 0.29) is 0 Å². The van der Waals surface area contributed by atoms with Crippen LogP contribution in [0.25, 0.3) is 0 Å². The normalized spacial score (nSPS) is 19.1. The van der Waals surface area contributed by atoms with Crippen molar-refractivity contribution < 1.29 is 5.11 Å². The monoisotopic (exact) mass is 248 g/mol. The highest BCUT2D eigenvalue weighted by Crippen LogP contribution is 2.23. The molecule has 0 aliphatic carbocycles. The Balaban J connectivity index is 1.91. The van der Waals surface area contributed by atoms with Crippen LogP contribution in [0.4, 0.5) is 0 Å².